The van der Waals surface area contributed by atoms with Crippen molar-refractivity contribution < 1.29 is 0 Å². The fourth-order valence-corrected chi connectivity index (χ4v) is 0.361. The van der Waals surface area contributed by atoms with Crippen molar-refractivity contribution in [1.82, 2.24) is 5.32 Å². The molecule has 0 heterocycles. The number of rotatable bonds is 3. The van der Waals surface area contributed by atoms with E-state index in [-0.39, 0.29) is 0 Å². The Labute approximate surface area is 54.7 Å². The van der Waals surface area contributed by atoms with Crippen LogP contribution in [0.25, 0.3) is 0 Å². The van der Waals surface area contributed by atoms with E-state index in [2.05, 4.69) is 11.2 Å². The second-order valence-electron chi connectivity index (χ2n) is 1.20. The summed E-state index contributed by atoms with van der Waals surface area (Å²) in [6, 6.07) is 0. The lowest BCUT2D eigenvalue weighted by molar-refractivity contribution is 0.858. The molecule has 0 aromatic carbocycles. The zero-order valence-electron chi connectivity index (χ0n) is 4.52. The highest BCUT2D eigenvalue weighted by Gasteiger charge is 1.72. The molecule has 0 saturated carbocycles. The lowest BCUT2D eigenvalue weighted by Crippen LogP contribution is -2.12. The summed E-state index contributed by atoms with van der Waals surface area (Å²) in [5, 5.41) is 2.93. The van der Waals surface area contributed by atoms with Gasteiger partial charge in [-0.15, -0.1) is 6.42 Å². The van der Waals surface area contributed by atoms with E-state index in [9.17, 15) is 0 Å². The van der Waals surface area contributed by atoms with E-state index in [1.165, 1.54) is 5.54 Å². The van der Waals surface area contributed by atoms with Gasteiger partial charge in [0.05, 0.1) is 6.54 Å². The molecule has 0 spiro atoms. The lowest BCUT2D eigenvalue weighted by Gasteiger charge is -1.88. The Hall–Kier alpha value is -0.450. The van der Waals surface area contributed by atoms with Crippen molar-refractivity contribution in [2.75, 3.05) is 13.1 Å². The number of hydrogen-bond donors (Lipinski definition) is 1. The molecule has 2 heteroatoms. The maximum absolute atomic E-state index is 5.21. The molecule has 0 unspecified atom stereocenters. The average molecular weight is 130 g/mol. The standard InChI is InChI=1S/C6H8ClN/c1-2-5-8-6-3-4-7/h1,3-4,8H,5-6H2/b4-3+. The molecule has 0 atom stereocenters. The predicted octanol–water partition coefficient (Wildman–Crippen LogP) is 0.962. The number of terminal acetylenes is 1. The van der Waals surface area contributed by atoms with E-state index in [1.807, 2.05) is 0 Å². The fourth-order valence-electron chi connectivity index (χ4n) is 0.272. The lowest BCUT2D eigenvalue weighted by atomic mass is 10.6. The highest BCUT2D eigenvalue weighted by Crippen LogP contribution is 1.73. The number of hydrogen-bond acceptors (Lipinski definition) is 1. The van der Waals surface area contributed by atoms with Crippen molar-refractivity contribution in [3.63, 3.8) is 0 Å². The summed E-state index contributed by atoms with van der Waals surface area (Å²) in [7, 11) is 0. The third-order valence-electron chi connectivity index (χ3n) is 0.578. The molecule has 8 heavy (non-hydrogen) atoms. The van der Waals surface area contributed by atoms with Crippen LogP contribution in [-0.4, -0.2) is 13.1 Å². The van der Waals surface area contributed by atoms with Crippen molar-refractivity contribution >= 4 is 11.6 Å². The smallest absolute Gasteiger partial charge is 0.0576 e. The zero-order chi connectivity index (χ0) is 6.24. The maximum atomic E-state index is 5.21. The van der Waals surface area contributed by atoms with Crippen LogP contribution >= 0.6 is 11.6 Å². The van der Waals surface area contributed by atoms with Crippen LogP contribution in [0.15, 0.2) is 11.6 Å². The average Bonchev–Trinajstić information content (AvgIpc) is 1.81. The van der Waals surface area contributed by atoms with E-state index in [1.54, 1.807) is 6.08 Å². The summed E-state index contributed by atoms with van der Waals surface area (Å²) in [6.45, 7) is 1.34. The van der Waals surface area contributed by atoms with Gasteiger partial charge in [-0.1, -0.05) is 23.6 Å². The van der Waals surface area contributed by atoms with Gasteiger partial charge in [-0.3, -0.25) is 0 Å². The van der Waals surface area contributed by atoms with Gasteiger partial charge in [-0.25, -0.2) is 0 Å². The van der Waals surface area contributed by atoms with Crippen LogP contribution < -0.4 is 5.32 Å². The molecule has 1 nitrogen and oxygen atoms in total. The molecule has 1 N–H and O–H groups in total. The third kappa shape index (κ3) is 5.55. The van der Waals surface area contributed by atoms with Gasteiger partial charge in [0.15, 0.2) is 0 Å². The van der Waals surface area contributed by atoms with E-state index in [0.717, 1.165) is 6.54 Å². The summed E-state index contributed by atoms with van der Waals surface area (Å²) in [4.78, 5) is 0. The second kappa shape index (κ2) is 6.55. The van der Waals surface area contributed by atoms with Crippen molar-refractivity contribution in [3.8, 4) is 12.3 Å². The molecule has 0 amide bonds. The maximum Gasteiger partial charge on any atom is 0.0576 e. The zero-order valence-corrected chi connectivity index (χ0v) is 5.28. The quantitative estimate of drug-likeness (QED) is 0.442. The molecule has 0 bridgehead atoms. The minimum atomic E-state index is 0.598. The Bertz CT molecular complexity index is 102. The summed E-state index contributed by atoms with van der Waals surface area (Å²) in [5.41, 5.74) is 1.46. The third-order valence-corrected chi connectivity index (χ3v) is 0.757. The van der Waals surface area contributed by atoms with Crippen LogP contribution in [0.4, 0.5) is 0 Å². The van der Waals surface area contributed by atoms with Crippen LogP contribution in [0.3, 0.4) is 0 Å². The van der Waals surface area contributed by atoms with Gasteiger partial charge in [-0.05, 0) is 0 Å². The normalized spacial score (nSPS) is 9.50. The number of nitrogens with one attached hydrogen (secondary N) is 1. The topological polar surface area (TPSA) is 12.0 Å². The van der Waals surface area contributed by atoms with Crippen LogP contribution in [-0.2, 0) is 0 Å². The molecule has 0 aliphatic rings. The molecular weight excluding hydrogens is 122 g/mol. The SMILES string of the molecule is C#CCNC/C=C/Cl. The minimum Gasteiger partial charge on any atom is -0.303 e. The van der Waals surface area contributed by atoms with Gasteiger partial charge >= 0.3 is 0 Å². The molecule has 44 valence electrons. The first-order chi connectivity index (χ1) is 3.91. The Morgan fingerprint density at radius 3 is 3.00 bits per heavy atom. The molecule has 0 aromatic rings. The Morgan fingerprint density at radius 2 is 2.50 bits per heavy atom. The molecule has 0 rings (SSSR count). The first-order valence-electron chi connectivity index (χ1n) is 2.31. The van der Waals surface area contributed by atoms with Crippen molar-refractivity contribution in [2.45, 2.75) is 0 Å². The Balaban J connectivity index is 2.85. The van der Waals surface area contributed by atoms with Crippen LogP contribution in [0.2, 0.25) is 0 Å². The van der Waals surface area contributed by atoms with Gasteiger partial charge in [0, 0.05) is 12.1 Å². The second-order valence-corrected chi connectivity index (χ2v) is 1.45. The highest BCUT2D eigenvalue weighted by atomic mass is 35.5. The summed E-state index contributed by atoms with van der Waals surface area (Å²) < 4.78 is 0. The first kappa shape index (κ1) is 7.55. The molecule has 0 aromatic heterocycles. The van der Waals surface area contributed by atoms with E-state index in [0.29, 0.717) is 6.54 Å². The Kier molecular flexibility index (Phi) is 6.18. The molecule has 0 saturated heterocycles. The number of halogens is 1. The summed E-state index contributed by atoms with van der Waals surface area (Å²) in [6.07, 6.45) is 6.73. The van der Waals surface area contributed by atoms with Crippen molar-refractivity contribution in [1.29, 1.82) is 0 Å². The van der Waals surface area contributed by atoms with Crippen LogP contribution in [0, 0.1) is 12.3 Å². The fraction of sp³-hybridized carbons (Fsp3) is 0.333. The van der Waals surface area contributed by atoms with Gasteiger partial charge in [0.25, 0.3) is 0 Å². The molecule has 0 aliphatic heterocycles. The van der Waals surface area contributed by atoms with Crippen LogP contribution in [0.1, 0.15) is 0 Å². The van der Waals surface area contributed by atoms with Gasteiger partial charge < -0.3 is 5.32 Å². The van der Waals surface area contributed by atoms with Gasteiger partial charge in [-0.2, -0.15) is 0 Å². The minimum absolute atomic E-state index is 0.598. The molecule has 0 fully saturated rings. The predicted molar refractivity (Wildman–Crippen MR) is 36.7 cm³/mol. The summed E-state index contributed by atoms with van der Waals surface area (Å²) in [5.74, 6) is 2.44. The van der Waals surface area contributed by atoms with E-state index < -0.39 is 0 Å². The summed E-state index contributed by atoms with van der Waals surface area (Å²) >= 11 is 5.21. The first-order valence-corrected chi connectivity index (χ1v) is 2.75. The van der Waals surface area contributed by atoms with E-state index in [4.69, 9.17) is 18.0 Å². The largest absolute Gasteiger partial charge is 0.303 e. The molecule has 0 radical (unpaired) electrons. The Morgan fingerprint density at radius 1 is 1.75 bits per heavy atom. The van der Waals surface area contributed by atoms with Gasteiger partial charge in [0.1, 0.15) is 0 Å². The monoisotopic (exact) mass is 129 g/mol. The molecular formula is C6H8ClN. The van der Waals surface area contributed by atoms with Gasteiger partial charge in [0.2, 0.25) is 0 Å². The van der Waals surface area contributed by atoms with E-state index >= 15 is 0 Å². The highest BCUT2D eigenvalue weighted by molar-refractivity contribution is 6.25. The van der Waals surface area contributed by atoms with Crippen molar-refractivity contribution in [3.05, 3.63) is 11.6 Å². The molecule has 0 aliphatic carbocycles. The van der Waals surface area contributed by atoms with Crippen molar-refractivity contribution in [2.24, 2.45) is 0 Å². The van der Waals surface area contributed by atoms with Crippen LogP contribution in [0.5, 0.6) is 0 Å².